The Morgan fingerprint density at radius 3 is 2.50 bits per heavy atom. The van der Waals surface area contributed by atoms with Gasteiger partial charge in [0.15, 0.2) is 0 Å². The van der Waals surface area contributed by atoms with E-state index < -0.39 is 11.7 Å². The Morgan fingerprint density at radius 1 is 1.39 bits per heavy atom. The number of rotatable bonds is 3. The number of aliphatic imine (C=N–C) groups is 1. The van der Waals surface area contributed by atoms with Crippen molar-refractivity contribution in [3.05, 3.63) is 27.7 Å². The molecule has 0 aromatic heterocycles. The average Bonchev–Trinajstić information content (AvgIpc) is 2.25. The van der Waals surface area contributed by atoms with E-state index in [-0.39, 0.29) is 4.47 Å². The van der Waals surface area contributed by atoms with Crippen LogP contribution < -0.4 is 0 Å². The molecule has 1 aromatic carbocycles. The first kappa shape index (κ1) is 15.0. The summed E-state index contributed by atoms with van der Waals surface area (Å²) in [6.45, 7) is 4.40. The van der Waals surface area contributed by atoms with E-state index in [0.29, 0.717) is 11.3 Å². The zero-order valence-electron chi connectivity index (χ0n) is 10.3. The number of aryl methyl sites for hydroxylation is 1. The number of benzene rings is 1. The minimum absolute atomic E-state index is 0.0373. The number of hydrogen-bond donors (Lipinski definition) is 0. The molecule has 0 aliphatic heterocycles. The third-order valence-corrected chi connectivity index (χ3v) is 3.14. The van der Waals surface area contributed by atoms with Gasteiger partial charge < -0.3 is 4.90 Å². The van der Waals surface area contributed by atoms with E-state index in [9.17, 15) is 13.2 Å². The van der Waals surface area contributed by atoms with Gasteiger partial charge >= 0.3 is 6.18 Å². The van der Waals surface area contributed by atoms with Gasteiger partial charge in [-0.2, -0.15) is 13.2 Å². The third kappa shape index (κ3) is 3.73. The van der Waals surface area contributed by atoms with Crippen LogP contribution in [0.25, 0.3) is 0 Å². The van der Waals surface area contributed by atoms with Gasteiger partial charge in [-0.15, -0.1) is 0 Å². The zero-order valence-corrected chi connectivity index (χ0v) is 11.9. The molecule has 2 nitrogen and oxygen atoms in total. The molecular formula is C12H14BrF3N2. The quantitative estimate of drug-likeness (QED) is 0.595. The van der Waals surface area contributed by atoms with Crippen molar-refractivity contribution in [1.29, 1.82) is 0 Å². The van der Waals surface area contributed by atoms with Crippen LogP contribution in [0.15, 0.2) is 21.6 Å². The first-order valence-electron chi connectivity index (χ1n) is 5.37. The van der Waals surface area contributed by atoms with Gasteiger partial charge in [-0.05, 0) is 31.5 Å². The molecule has 1 aromatic rings. The van der Waals surface area contributed by atoms with Gasteiger partial charge in [-0.3, -0.25) is 0 Å². The van der Waals surface area contributed by atoms with Crippen molar-refractivity contribution < 1.29 is 13.2 Å². The predicted molar refractivity (Wildman–Crippen MR) is 70.3 cm³/mol. The fourth-order valence-electron chi connectivity index (χ4n) is 1.26. The second-order valence-corrected chi connectivity index (χ2v) is 4.79. The van der Waals surface area contributed by atoms with Gasteiger partial charge in [0.2, 0.25) is 0 Å². The molecule has 0 amide bonds. The molecule has 100 valence electrons. The third-order valence-electron chi connectivity index (χ3n) is 2.48. The van der Waals surface area contributed by atoms with Crippen LogP contribution in [0.4, 0.5) is 18.9 Å². The molecule has 0 N–H and O–H groups in total. The molecule has 1 rings (SSSR count). The Morgan fingerprint density at radius 2 is 2.00 bits per heavy atom. The minimum Gasteiger partial charge on any atom is -0.366 e. The molecule has 0 aliphatic rings. The summed E-state index contributed by atoms with van der Waals surface area (Å²) in [6.07, 6.45) is -2.86. The van der Waals surface area contributed by atoms with E-state index >= 15 is 0 Å². The van der Waals surface area contributed by atoms with E-state index in [0.717, 1.165) is 12.6 Å². The summed E-state index contributed by atoms with van der Waals surface area (Å²) in [5.74, 6) is 0. The highest BCUT2D eigenvalue weighted by molar-refractivity contribution is 9.10. The highest BCUT2D eigenvalue weighted by atomic mass is 79.9. The van der Waals surface area contributed by atoms with E-state index in [1.54, 1.807) is 11.8 Å². The SMILES string of the molecule is CCN(C)/C=N/c1cc(C(F)(F)F)c(Br)cc1C. The molecule has 0 fully saturated rings. The lowest BCUT2D eigenvalue weighted by Gasteiger charge is -2.13. The monoisotopic (exact) mass is 322 g/mol. The van der Waals surface area contributed by atoms with Crippen molar-refractivity contribution in [3.63, 3.8) is 0 Å². The Bertz CT molecular complexity index is 455. The Labute approximate surface area is 113 Å². The van der Waals surface area contributed by atoms with Crippen LogP contribution in [0.1, 0.15) is 18.1 Å². The summed E-state index contributed by atoms with van der Waals surface area (Å²) in [5, 5.41) is 0. The fourth-order valence-corrected chi connectivity index (χ4v) is 1.94. The maximum Gasteiger partial charge on any atom is 0.417 e. The van der Waals surface area contributed by atoms with Gasteiger partial charge in [-0.25, -0.2) is 4.99 Å². The largest absolute Gasteiger partial charge is 0.417 e. The van der Waals surface area contributed by atoms with Gasteiger partial charge in [0.05, 0.1) is 17.6 Å². The van der Waals surface area contributed by atoms with Gasteiger partial charge in [0, 0.05) is 18.1 Å². The molecule has 0 aliphatic carbocycles. The summed E-state index contributed by atoms with van der Waals surface area (Å²) in [5.41, 5.74) is 0.306. The van der Waals surface area contributed by atoms with Crippen molar-refractivity contribution >= 4 is 28.0 Å². The molecule has 0 radical (unpaired) electrons. The Hall–Kier alpha value is -1.04. The second kappa shape index (κ2) is 5.73. The zero-order chi connectivity index (χ0) is 13.9. The first-order chi connectivity index (χ1) is 8.25. The number of hydrogen-bond acceptors (Lipinski definition) is 1. The molecule has 0 saturated carbocycles. The fraction of sp³-hybridized carbons (Fsp3) is 0.417. The first-order valence-corrected chi connectivity index (χ1v) is 6.16. The number of halogens is 4. The highest BCUT2D eigenvalue weighted by Gasteiger charge is 2.33. The molecule has 0 bridgehead atoms. The van der Waals surface area contributed by atoms with E-state index in [1.165, 1.54) is 12.4 Å². The van der Waals surface area contributed by atoms with Crippen molar-refractivity contribution in [3.8, 4) is 0 Å². The topological polar surface area (TPSA) is 15.6 Å². The normalized spacial score (nSPS) is 12.2. The van der Waals surface area contributed by atoms with Gasteiger partial charge in [0.25, 0.3) is 0 Å². The van der Waals surface area contributed by atoms with Crippen LogP contribution in [0.2, 0.25) is 0 Å². The van der Waals surface area contributed by atoms with Crippen molar-refractivity contribution in [1.82, 2.24) is 4.90 Å². The summed E-state index contributed by atoms with van der Waals surface area (Å²) in [6, 6.07) is 2.49. The Kier molecular flexibility index (Phi) is 4.78. The molecule has 6 heteroatoms. The molecule has 0 saturated heterocycles. The predicted octanol–water partition coefficient (Wildman–Crippen LogP) is 4.39. The van der Waals surface area contributed by atoms with Crippen LogP contribution in [-0.4, -0.2) is 24.8 Å². The average molecular weight is 323 g/mol. The molecular weight excluding hydrogens is 309 g/mol. The highest BCUT2D eigenvalue weighted by Crippen LogP contribution is 2.38. The maximum atomic E-state index is 12.7. The lowest BCUT2D eigenvalue weighted by atomic mass is 10.1. The van der Waals surface area contributed by atoms with Crippen LogP contribution >= 0.6 is 15.9 Å². The van der Waals surface area contributed by atoms with Gasteiger partial charge in [-0.1, -0.05) is 15.9 Å². The minimum atomic E-state index is -4.38. The van der Waals surface area contributed by atoms with Crippen LogP contribution in [0.3, 0.4) is 0 Å². The summed E-state index contributed by atoms with van der Waals surface area (Å²) in [4.78, 5) is 5.86. The number of nitrogens with zero attached hydrogens (tertiary/aromatic N) is 2. The van der Waals surface area contributed by atoms with Crippen LogP contribution in [0.5, 0.6) is 0 Å². The van der Waals surface area contributed by atoms with Crippen molar-refractivity contribution in [2.45, 2.75) is 20.0 Å². The van der Waals surface area contributed by atoms with E-state index in [4.69, 9.17) is 0 Å². The number of alkyl halides is 3. The van der Waals surface area contributed by atoms with Crippen molar-refractivity contribution in [2.75, 3.05) is 13.6 Å². The van der Waals surface area contributed by atoms with Gasteiger partial charge in [0.1, 0.15) is 0 Å². The molecule has 0 atom stereocenters. The van der Waals surface area contributed by atoms with Crippen LogP contribution in [0, 0.1) is 6.92 Å². The lowest BCUT2D eigenvalue weighted by molar-refractivity contribution is -0.138. The molecule has 0 spiro atoms. The molecule has 0 unspecified atom stereocenters. The maximum absolute atomic E-state index is 12.7. The molecule has 0 heterocycles. The van der Waals surface area contributed by atoms with Crippen LogP contribution in [-0.2, 0) is 6.18 Å². The lowest BCUT2D eigenvalue weighted by Crippen LogP contribution is -2.14. The summed E-state index contributed by atoms with van der Waals surface area (Å²) < 4.78 is 38.2. The van der Waals surface area contributed by atoms with E-state index in [1.807, 2.05) is 14.0 Å². The standard InChI is InChI=1S/C12H14BrF3N2/c1-4-18(3)7-17-11-6-9(12(14,15)16)10(13)5-8(11)2/h5-7H,4H2,1-3H3/b17-7+. The smallest absolute Gasteiger partial charge is 0.366 e. The summed E-state index contributed by atoms with van der Waals surface area (Å²) in [7, 11) is 1.81. The second-order valence-electron chi connectivity index (χ2n) is 3.93. The van der Waals surface area contributed by atoms with E-state index in [2.05, 4.69) is 20.9 Å². The summed E-state index contributed by atoms with van der Waals surface area (Å²) >= 11 is 2.93. The molecule has 18 heavy (non-hydrogen) atoms. The Balaban J connectivity index is 3.18. The van der Waals surface area contributed by atoms with Crippen molar-refractivity contribution in [2.24, 2.45) is 4.99 Å².